The Bertz CT molecular complexity index is 4300. The fourth-order valence-corrected chi connectivity index (χ4v) is 47.7. The predicted octanol–water partition coefficient (Wildman–Crippen LogP) is 25.9. The average Bonchev–Trinajstić information content (AvgIpc) is 1.68. The third-order valence-corrected chi connectivity index (χ3v) is 54.6. The molecule has 0 radical (unpaired) electrons. The van der Waals surface area contributed by atoms with E-state index in [9.17, 15) is 74.5 Å². The molecule has 145 heavy (non-hydrogen) atoms. The van der Waals surface area contributed by atoms with E-state index in [-0.39, 0.29) is 83.5 Å². The second kappa shape index (κ2) is 45.7. The largest absolute Gasteiger partial charge is 0.481 e. The lowest BCUT2D eigenvalue weighted by atomic mass is 9.41. The van der Waals surface area contributed by atoms with Crippen molar-refractivity contribution in [3.63, 3.8) is 0 Å². The molecule has 0 aromatic carbocycles. The van der Waals surface area contributed by atoms with Crippen molar-refractivity contribution >= 4 is 16.4 Å². The number of hydrogen-bond donors (Lipinski definition) is 13. The number of fused-ring (bicyclic) bond motifs is 25. The minimum absolute atomic E-state index is 0.0198. The Hall–Kier alpha value is -1.10. The van der Waals surface area contributed by atoms with Crippen LogP contribution < -0.4 is 0 Å². The Morgan fingerprint density at radius 1 is 0.283 bits per heavy atom. The molecule has 20 saturated carbocycles. The lowest BCUT2D eigenvalue weighted by molar-refractivity contribution is -0.203. The van der Waals surface area contributed by atoms with Gasteiger partial charge in [-0.2, -0.15) is 8.42 Å². The van der Waals surface area contributed by atoms with E-state index in [0.717, 1.165) is 184 Å². The number of carboxylic acids is 1. The van der Waals surface area contributed by atoms with E-state index in [1.165, 1.54) is 148 Å². The van der Waals surface area contributed by atoms with Gasteiger partial charge in [-0.15, -0.1) is 0 Å². The molecule has 0 spiro atoms. The molecule has 15 unspecified atom stereocenters. The topological polar surface area (TPSA) is 323 Å². The standard InChI is InChI=1S/C26H46O3.C26H46O2.C25H44O6S.C25H44O3.C25H42O3/c1-5-18-22-15-17(28)10-12-26(22,4)21-11-13-25(3)19(16(2)7-6-14-27)8-9-20(25)23(21)24(18)29;1-5-18-20-10-6-7-14-25(20,3)22-13-15-26(4)19(17(2)9-8-16-27)11-12-21(26)23(22)24(18)28;1-5-17-21-14-16(26)8-11-25(21,4)20-9-12-24(3)18(6-7-19(24)22(20)23(17)27)15(2)10-13-31-32(28,29)30;1-5-17-21-14-16(27)8-11-25(21,4)20-9-12-24(3)18(15(2)10-13-26)6-7-19(24)22(20)23(17)28;1-5-16-18-8-6-7-12-24(18,3)20-11-13-25(4)17(15(2)14-21(26)27)9-10-19(25)22(20)23(16)28/h16-24,27-29H,5-15H2,1-4H3;17-24,27-28H,5-16H2,1-4H3;15-23,26-27H,5-14H2,1-4H3,(H,28,29,30);15-23,26-28H,5-14H2,1-4H3;15-20,22-23,28H,5-14H2,1-4H3,(H,26,27)/t16-,17+,18-,19-,20?,21?,22+,23?,24-,25-,26-;17-,18+,19-,20+,21?,22?,23?,24-,25+,26-;2*15-,16+,17-,18-,19?,20?,21+,22?,23-,24-,25-;15-,16-,17-,18+,19?,20?,22?,23-,24+,25-/m11111/s1. The minimum Gasteiger partial charge on any atom is -0.481 e. The maximum Gasteiger partial charge on any atom is 0.397 e. The summed E-state index contributed by atoms with van der Waals surface area (Å²) in [7, 11) is -4.39. The van der Waals surface area contributed by atoms with Gasteiger partial charge in [0.15, 0.2) is 0 Å². The van der Waals surface area contributed by atoms with Gasteiger partial charge >= 0.3 is 16.4 Å². The van der Waals surface area contributed by atoms with Crippen LogP contribution in [0.2, 0.25) is 0 Å². The molecule has 838 valence electrons. The molecule has 0 saturated heterocycles. The summed E-state index contributed by atoms with van der Waals surface area (Å²) in [5, 5.41) is 127. The molecule has 0 bridgehead atoms. The van der Waals surface area contributed by atoms with Crippen molar-refractivity contribution in [2.24, 2.45) is 261 Å². The number of hydrogen-bond acceptors (Lipinski definition) is 15. The van der Waals surface area contributed by atoms with Gasteiger partial charge in [0, 0.05) is 26.2 Å². The Labute approximate surface area is 883 Å². The molecule has 20 aliphatic carbocycles. The van der Waals surface area contributed by atoms with E-state index in [1.807, 2.05) is 0 Å². The molecule has 0 heterocycles. The molecular weight excluding hydrogens is 1830 g/mol. The smallest absolute Gasteiger partial charge is 0.397 e. The third kappa shape index (κ3) is 20.5. The van der Waals surface area contributed by atoms with Gasteiger partial charge in [-0.25, -0.2) is 4.18 Å². The highest BCUT2D eigenvalue weighted by molar-refractivity contribution is 7.80. The highest BCUT2D eigenvalue weighted by Gasteiger charge is 2.73. The van der Waals surface area contributed by atoms with Gasteiger partial charge < -0.3 is 61.3 Å². The number of aliphatic hydroxyl groups is 11. The minimum atomic E-state index is -4.39. The zero-order chi connectivity index (χ0) is 105. The number of carbonyl (C=O) groups is 1. The van der Waals surface area contributed by atoms with Crippen LogP contribution in [-0.4, -0.2) is 155 Å². The maximum absolute atomic E-state index is 11.7. The van der Waals surface area contributed by atoms with Crippen LogP contribution >= 0.6 is 0 Å². The fourth-order valence-electron chi connectivity index (χ4n) is 47.4. The second-order valence-electron chi connectivity index (χ2n) is 59.0. The van der Waals surface area contributed by atoms with Crippen molar-refractivity contribution in [2.45, 2.75) is 502 Å². The summed E-state index contributed by atoms with van der Waals surface area (Å²) in [6, 6.07) is 0. The Morgan fingerprint density at radius 3 is 0.766 bits per heavy atom. The zero-order valence-corrected chi connectivity index (χ0v) is 96.5. The van der Waals surface area contributed by atoms with Gasteiger partial charge in [-0.3, -0.25) is 9.35 Å². The summed E-state index contributed by atoms with van der Waals surface area (Å²) in [4.78, 5) is 11.4. The summed E-state index contributed by atoms with van der Waals surface area (Å²) in [5.74, 6) is 18.3. The van der Waals surface area contributed by atoms with Crippen molar-refractivity contribution in [1.82, 2.24) is 0 Å². The molecule has 20 aliphatic rings. The van der Waals surface area contributed by atoms with E-state index in [4.69, 9.17) is 4.55 Å². The lowest BCUT2D eigenvalue weighted by Crippen LogP contribution is -2.62. The molecule has 17 nitrogen and oxygen atoms in total. The van der Waals surface area contributed by atoms with Gasteiger partial charge in [-0.1, -0.05) is 196 Å². The average molecular weight is 2050 g/mol. The molecule has 0 aromatic heterocycles. The van der Waals surface area contributed by atoms with Crippen LogP contribution in [0.15, 0.2) is 0 Å². The summed E-state index contributed by atoms with van der Waals surface area (Å²) in [6.45, 7) is 49.0. The van der Waals surface area contributed by atoms with Crippen LogP contribution in [0, 0.1) is 261 Å². The summed E-state index contributed by atoms with van der Waals surface area (Å²) in [6.07, 6.45) is 54.5. The molecule has 20 rings (SSSR count). The molecule has 0 aliphatic heterocycles. The van der Waals surface area contributed by atoms with Gasteiger partial charge in [0.2, 0.25) is 0 Å². The number of carboxylic acid groups (broad SMARTS) is 1. The van der Waals surface area contributed by atoms with E-state index in [1.54, 1.807) is 0 Å². The molecule has 0 amide bonds. The quantitative estimate of drug-likeness (QED) is 0.0399. The van der Waals surface area contributed by atoms with Gasteiger partial charge in [-0.05, 0) is 512 Å². The monoisotopic (exact) mass is 2050 g/mol. The Kier molecular flexibility index (Phi) is 36.7. The van der Waals surface area contributed by atoms with Gasteiger partial charge in [0.1, 0.15) is 0 Å². The predicted molar refractivity (Wildman–Crippen MR) is 581 cm³/mol. The lowest BCUT2D eigenvalue weighted by Gasteiger charge is -2.64. The summed E-state index contributed by atoms with van der Waals surface area (Å²) >= 11 is 0. The van der Waals surface area contributed by atoms with Crippen LogP contribution in [0.1, 0.15) is 453 Å². The van der Waals surface area contributed by atoms with E-state index in [2.05, 4.69) is 143 Å². The van der Waals surface area contributed by atoms with Gasteiger partial charge in [0.05, 0.1) is 55.4 Å². The first-order valence-corrected chi connectivity index (χ1v) is 64.1. The van der Waals surface area contributed by atoms with Crippen molar-refractivity contribution in [3.05, 3.63) is 0 Å². The second-order valence-corrected chi connectivity index (χ2v) is 60.1. The zero-order valence-electron chi connectivity index (χ0n) is 95.7. The number of aliphatic carboxylic acids is 1. The molecule has 0 aromatic rings. The van der Waals surface area contributed by atoms with Crippen LogP contribution in [-0.2, 0) is 19.4 Å². The molecule has 53 atom stereocenters. The first-order valence-electron chi connectivity index (χ1n) is 62.7. The summed E-state index contributed by atoms with van der Waals surface area (Å²) in [5.41, 5.74) is 3.14. The Balaban J connectivity index is 0.000000130. The molecule has 18 heteroatoms. The van der Waals surface area contributed by atoms with Crippen molar-refractivity contribution in [1.29, 1.82) is 0 Å². The van der Waals surface area contributed by atoms with Crippen LogP contribution in [0.4, 0.5) is 0 Å². The van der Waals surface area contributed by atoms with E-state index in [0.29, 0.717) is 236 Å². The van der Waals surface area contributed by atoms with E-state index < -0.39 is 16.4 Å². The first kappa shape index (κ1) is 116. The SMILES string of the molecule is CC[C@@H]1[C@@H](O)C2C3CC[C@H]([C@H](C)CCCO)[C@@]3(C)CCC2[C@@]2(C)CCCC[C@@H]12.CC[C@H]1[C@@H](O)C2C3CC[C@H]([C@H](C)CC(=O)O)[C@@]3(C)CCC2[C@@]2(C)CCCC[C@@H]12.CC[C@H]1[C@@H](O)C2C3CC[C@H]([C@H](C)CCCO)[C@@]3(C)CCC2[C@@]2(C)CC[C@H](O)C[C@@H]12.CC[C@H]1[C@@H](O)C2C3CC[C@H]([C@H](C)CCO)[C@@]3(C)CCC2[C@@]2(C)CC[C@H](O)C[C@@H]12.CC[C@H]1[C@@H](O)C2C3CC[C@H]([C@H](C)CCOS(=O)(=O)O)[C@@]3(C)CCC2[C@@]2(C)CC[C@H](O)C[C@@H]12. The third-order valence-electron chi connectivity index (χ3n) is 54.2. The fraction of sp³-hybridized carbons (Fsp3) is 0.992. The van der Waals surface area contributed by atoms with Gasteiger partial charge in [0.25, 0.3) is 0 Å². The molecule has 20 fully saturated rings. The van der Waals surface area contributed by atoms with Crippen LogP contribution in [0.5, 0.6) is 0 Å². The maximum atomic E-state index is 11.7. The van der Waals surface area contributed by atoms with Crippen LogP contribution in [0.3, 0.4) is 0 Å². The van der Waals surface area contributed by atoms with E-state index >= 15 is 0 Å². The Morgan fingerprint density at radius 2 is 0.517 bits per heavy atom. The number of rotatable bonds is 24. The summed E-state index contributed by atoms with van der Waals surface area (Å²) < 4.78 is 35.4. The molecular formula is C127H222O17S. The number of aliphatic hydroxyl groups excluding tert-OH is 11. The van der Waals surface area contributed by atoms with Crippen molar-refractivity contribution < 1.29 is 83.2 Å². The van der Waals surface area contributed by atoms with Crippen molar-refractivity contribution in [2.75, 3.05) is 26.4 Å². The first-order chi connectivity index (χ1) is 68.6. The normalized spacial score (nSPS) is 52.1. The highest BCUT2D eigenvalue weighted by atomic mass is 32.3. The molecule has 13 N–H and O–H groups in total. The van der Waals surface area contributed by atoms with Crippen molar-refractivity contribution in [3.8, 4) is 0 Å². The highest BCUT2D eigenvalue weighted by Crippen LogP contribution is 2.78. The van der Waals surface area contributed by atoms with Crippen LogP contribution in [0.25, 0.3) is 0 Å².